The van der Waals surface area contributed by atoms with Gasteiger partial charge in [-0.25, -0.2) is 4.98 Å². The zero-order valence-corrected chi connectivity index (χ0v) is 10.9. The van der Waals surface area contributed by atoms with E-state index in [0.717, 1.165) is 5.69 Å². The predicted octanol–water partition coefficient (Wildman–Crippen LogP) is 0.666. The van der Waals surface area contributed by atoms with Crippen molar-refractivity contribution in [3.63, 3.8) is 0 Å². The lowest BCUT2D eigenvalue weighted by Crippen LogP contribution is -2.41. The Morgan fingerprint density at radius 3 is 2.18 bits per heavy atom. The van der Waals surface area contributed by atoms with Crippen molar-refractivity contribution in [2.24, 2.45) is 0 Å². The van der Waals surface area contributed by atoms with E-state index in [1.54, 1.807) is 0 Å². The van der Waals surface area contributed by atoms with E-state index in [9.17, 15) is 0 Å². The Kier molecular flexibility index (Phi) is 2.67. The van der Waals surface area contributed by atoms with Crippen LogP contribution in [-0.4, -0.2) is 28.3 Å². The number of nitrogens with zero attached hydrogens (tertiary/aromatic N) is 2. The number of anilines is 1. The van der Waals surface area contributed by atoms with Crippen LogP contribution in [0.4, 0.5) is 5.82 Å². The van der Waals surface area contributed by atoms with Crippen LogP contribution < -0.4 is 11.3 Å². The lowest BCUT2D eigenvalue weighted by Gasteiger charge is -2.32. The standard InChI is InChI=1S/C11H18BN3O2/c1-7-9(14-6-8(13)15-7)12-16-10(2,3)11(4,5)17-12/h6H,1-5H3,(H2,13,15). The lowest BCUT2D eigenvalue weighted by molar-refractivity contribution is 0.00578. The second kappa shape index (κ2) is 3.68. The molecule has 92 valence electrons. The number of aromatic nitrogens is 2. The molecule has 1 aromatic heterocycles. The minimum absolute atomic E-state index is 0.368. The predicted molar refractivity (Wildman–Crippen MR) is 66.9 cm³/mol. The molecule has 1 saturated heterocycles. The molecule has 0 aromatic carbocycles. The zero-order valence-electron chi connectivity index (χ0n) is 10.9. The van der Waals surface area contributed by atoms with Gasteiger partial charge in [-0.2, -0.15) is 0 Å². The Labute approximate surface area is 102 Å². The van der Waals surface area contributed by atoms with Gasteiger partial charge in [0.2, 0.25) is 0 Å². The summed E-state index contributed by atoms with van der Waals surface area (Å²) in [6.07, 6.45) is 1.52. The number of nitrogens with two attached hydrogens (primary N) is 1. The van der Waals surface area contributed by atoms with Crippen molar-refractivity contribution >= 4 is 18.5 Å². The molecule has 0 spiro atoms. The normalized spacial score (nSPS) is 21.8. The Bertz CT molecular complexity index is 432. The van der Waals surface area contributed by atoms with Crippen molar-refractivity contribution in [2.75, 3.05) is 5.73 Å². The van der Waals surface area contributed by atoms with E-state index in [-0.39, 0.29) is 11.2 Å². The fourth-order valence-electron chi connectivity index (χ4n) is 1.69. The molecule has 0 atom stereocenters. The van der Waals surface area contributed by atoms with Crippen LogP contribution in [-0.2, 0) is 9.31 Å². The van der Waals surface area contributed by atoms with Gasteiger partial charge < -0.3 is 15.0 Å². The number of rotatable bonds is 1. The highest BCUT2D eigenvalue weighted by Gasteiger charge is 2.52. The summed E-state index contributed by atoms with van der Waals surface area (Å²) < 4.78 is 11.8. The first-order chi connectivity index (χ1) is 7.73. The SMILES string of the molecule is Cc1nc(N)cnc1B1OC(C)(C)C(C)(C)O1. The van der Waals surface area contributed by atoms with Crippen LogP contribution in [0.25, 0.3) is 0 Å². The molecule has 2 rings (SSSR count). The second-order valence-corrected chi connectivity index (χ2v) is 5.35. The third-order valence-corrected chi connectivity index (χ3v) is 3.48. The van der Waals surface area contributed by atoms with E-state index >= 15 is 0 Å². The van der Waals surface area contributed by atoms with Crippen molar-refractivity contribution in [2.45, 2.75) is 45.8 Å². The molecule has 0 radical (unpaired) electrons. The van der Waals surface area contributed by atoms with E-state index in [0.29, 0.717) is 11.4 Å². The summed E-state index contributed by atoms with van der Waals surface area (Å²) in [6.45, 7) is 9.88. The average Bonchev–Trinajstić information content (AvgIpc) is 2.35. The number of aryl methyl sites for hydroxylation is 1. The van der Waals surface area contributed by atoms with Crippen molar-refractivity contribution in [1.29, 1.82) is 0 Å². The molecule has 17 heavy (non-hydrogen) atoms. The van der Waals surface area contributed by atoms with Crippen LogP contribution in [0.3, 0.4) is 0 Å². The Morgan fingerprint density at radius 2 is 1.71 bits per heavy atom. The minimum Gasteiger partial charge on any atom is -0.398 e. The summed E-state index contributed by atoms with van der Waals surface area (Å²) in [7, 11) is -0.479. The van der Waals surface area contributed by atoms with Gasteiger partial charge >= 0.3 is 7.12 Å². The molecular weight excluding hydrogens is 217 g/mol. The van der Waals surface area contributed by atoms with Gasteiger partial charge in [0.05, 0.1) is 28.7 Å². The Balaban J connectivity index is 2.32. The van der Waals surface area contributed by atoms with Gasteiger partial charge in [0, 0.05) is 0 Å². The molecule has 6 heteroatoms. The lowest BCUT2D eigenvalue weighted by atomic mass is 9.83. The molecule has 0 saturated carbocycles. The highest BCUT2D eigenvalue weighted by molar-refractivity contribution is 6.61. The van der Waals surface area contributed by atoms with Crippen LogP contribution in [0.5, 0.6) is 0 Å². The maximum absolute atomic E-state index is 5.91. The molecule has 1 aliphatic heterocycles. The monoisotopic (exact) mass is 235 g/mol. The quantitative estimate of drug-likeness (QED) is 0.724. The summed E-state index contributed by atoms with van der Waals surface area (Å²) >= 11 is 0. The van der Waals surface area contributed by atoms with Gasteiger partial charge in [0.1, 0.15) is 5.82 Å². The zero-order chi connectivity index (χ0) is 12.8. The molecule has 2 heterocycles. The fourth-order valence-corrected chi connectivity index (χ4v) is 1.69. The molecule has 1 aliphatic rings. The molecule has 0 amide bonds. The molecular formula is C11H18BN3O2. The van der Waals surface area contributed by atoms with E-state index in [1.165, 1.54) is 6.20 Å². The maximum atomic E-state index is 5.91. The number of nitrogen functional groups attached to an aromatic ring is 1. The van der Waals surface area contributed by atoms with Gasteiger partial charge in [0.15, 0.2) is 0 Å². The van der Waals surface area contributed by atoms with Crippen molar-refractivity contribution in [1.82, 2.24) is 9.97 Å². The third-order valence-electron chi connectivity index (χ3n) is 3.48. The summed E-state index contributed by atoms with van der Waals surface area (Å²) in [5.41, 5.74) is 6.27. The molecule has 1 aromatic rings. The van der Waals surface area contributed by atoms with E-state index in [4.69, 9.17) is 15.0 Å². The first kappa shape index (κ1) is 12.3. The molecule has 0 bridgehead atoms. The molecule has 5 nitrogen and oxygen atoms in total. The van der Waals surface area contributed by atoms with E-state index in [2.05, 4.69) is 9.97 Å². The first-order valence-electron chi connectivity index (χ1n) is 5.67. The van der Waals surface area contributed by atoms with Crippen molar-refractivity contribution in [3.05, 3.63) is 11.9 Å². The van der Waals surface area contributed by atoms with Crippen LogP contribution in [0, 0.1) is 6.92 Å². The van der Waals surface area contributed by atoms with Crippen molar-refractivity contribution in [3.8, 4) is 0 Å². The topological polar surface area (TPSA) is 70.3 Å². The number of hydrogen-bond donors (Lipinski definition) is 1. The molecule has 2 N–H and O–H groups in total. The van der Waals surface area contributed by atoms with Gasteiger partial charge in [-0.05, 0) is 34.6 Å². The second-order valence-electron chi connectivity index (χ2n) is 5.35. The van der Waals surface area contributed by atoms with Crippen LogP contribution >= 0.6 is 0 Å². The fraction of sp³-hybridized carbons (Fsp3) is 0.636. The van der Waals surface area contributed by atoms with Gasteiger partial charge in [-0.3, -0.25) is 4.98 Å². The van der Waals surface area contributed by atoms with E-state index < -0.39 is 7.12 Å². The van der Waals surface area contributed by atoms with Gasteiger partial charge in [-0.1, -0.05) is 0 Å². The highest BCUT2D eigenvalue weighted by Crippen LogP contribution is 2.36. The maximum Gasteiger partial charge on any atom is 0.516 e. The van der Waals surface area contributed by atoms with Crippen LogP contribution in [0.15, 0.2) is 6.20 Å². The highest BCUT2D eigenvalue weighted by atomic mass is 16.7. The first-order valence-corrected chi connectivity index (χ1v) is 5.67. The Hall–Kier alpha value is -1.14. The summed E-state index contributed by atoms with van der Waals surface area (Å²) in [6, 6.07) is 0. The van der Waals surface area contributed by atoms with Gasteiger partial charge in [-0.15, -0.1) is 0 Å². The third kappa shape index (κ3) is 2.02. The van der Waals surface area contributed by atoms with Crippen LogP contribution in [0.1, 0.15) is 33.4 Å². The van der Waals surface area contributed by atoms with E-state index in [1.807, 2.05) is 34.6 Å². The molecule has 0 unspecified atom stereocenters. The van der Waals surface area contributed by atoms with Crippen molar-refractivity contribution < 1.29 is 9.31 Å². The van der Waals surface area contributed by atoms with Crippen LogP contribution in [0.2, 0.25) is 0 Å². The molecule has 1 fully saturated rings. The minimum atomic E-state index is -0.479. The average molecular weight is 235 g/mol. The summed E-state index contributed by atoms with van der Waals surface area (Å²) in [5, 5.41) is 0. The smallest absolute Gasteiger partial charge is 0.398 e. The molecule has 0 aliphatic carbocycles. The summed E-state index contributed by atoms with van der Waals surface area (Å²) in [5.74, 6) is 0.405. The number of hydrogen-bond acceptors (Lipinski definition) is 5. The largest absolute Gasteiger partial charge is 0.516 e. The summed E-state index contributed by atoms with van der Waals surface area (Å²) in [4.78, 5) is 8.42. The van der Waals surface area contributed by atoms with Gasteiger partial charge in [0.25, 0.3) is 0 Å². The Morgan fingerprint density at radius 1 is 1.18 bits per heavy atom.